The van der Waals surface area contributed by atoms with E-state index in [0.29, 0.717) is 17.6 Å². The number of benzene rings is 1. The molecule has 1 N–H and O–H groups in total. The number of rotatable bonds is 7. The molecule has 0 radical (unpaired) electrons. The molecular weight excluding hydrogens is 334 g/mol. The number of hydrogen-bond acceptors (Lipinski definition) is 2. The number of aromatic nitrogens is 2. The van der Waals surface area contributed by atoms with E-state index < -0.39 is 0 Å². The Morgan fingerprint density at radius 3 is 2.60 bits per heavy atom. The average Bonchev–Trinajstić information content (AvgIpc) is 2.84. The lowest BCUT2D eigenvalue weighted by molar-refractivity contribution is -0.116. The van der Waals surface area contributed by atoms with Crippen LogP contribution in [0, 0.1) is 12.8 Å². The van der Waals surface area contributed by atoms with Gasteiger partial charge in [-0.05, 0) is 30.4 Å². The number of carbonyl (C=O) groups is 1. The molecule has 1 unspecified atom stereocenters. The molecule has 0 saturated carbocycles. The second-order valence-electron chi connectivity index (χ2n) is 6.76. The van der Waals surface area contributed by atoms with Crippen LogP contribution in [-0.4, -0.2) is 22.2 Å². The molecule has 0 spiro atoms. The first-order valence-electron chi connectivity index (χ1n) is 8.62. The van der Waals surface area contributed by atoms with E-state index in [1.54, 1.807) is 10.8 Å². The fraction of sp³-hybridized carbons (Fsp3) is 0.400. The van der Waals surface area contributed by atoms with Gasteiger partial charge in [-0.1, -0.05) is 62.7 Å². The summed E-state index contributed by atoms with van der Waals surface area (Å²) in [4.78, 5) is 12.1. The van der Waals surface area contributed by atoms with Crippen LogP contribution in [0.2, 0.25) is 5.15 Å². The Morgan fingerprint density at radius 2 is 1.96 bits per heavy atom. The van der Waals surface area contributed by atoms with E-state index in [2.05, 4.69) is 43.3 Å². The fourth-order valence-electron chi connectivity index (χ4n) is 2.59. The molecule has 5 heteroatoms. The van der Waals surface area contributed by atoms with Gasteiger partial charge in [-0.15, -0.1) is 0 Å². The van der Waals surface area contributed by atoms with E-state index in [9.17, 15) is 4.79 Å². The van der Waals surface area contributed by atoms with Crippen molar-refractivity contribution in [2.75, 3.05) is 6.54 Å². The molecule has 0 aliphatic heterocycles. The lowest BCUT2D eigenvalue weighted by Gasteiger charge is -2.11. The van der Waals surface area contributed by atoms with Crippen molar-refractivity contribution in [3.8, 4) is 0 Å². The van der Waals surface area contributed by atoms with Crippen LogP contribution in [0.25, 0.3) is 6.08 Å². The molecule has 0 aliphatic rings. The molecule has 134 valence electrons. The molecule has 4 nitrogen and oxygen atoms in total. The molecule has 0 bridgehead atoms. The van der Waals surface area contributed by atoms with Crippen LogP contribution < -0.4 is 5.32 Å². The Hall–Kier alpha value is -2.07. The van der Waals surface area contributed by atoms with Gasteiger partial charge in [0.2, 0.25) is 5.91 Å². The van der Waals surface area contributed by atoms with E-state index in [0.717, 1.165) is 17.8 Å². The minimum atomic E-state index is -0.130. The summed E-state index contributed by atoms with van der Waals surface area (Å²) in [5, 5.41) is 7.95. The first kappa shape index (κ1) is 19.3. The van der Waals surface area contributed by atoms with Crippen molar-refractivity contribution in [2.45, 2.75) is 40.2 Å². The first-order valence-corrected chi connectivity index (χ1v) is 9.00. The molecule has 2 aromatic rings. The van der Waals surface area contributed by atoms with Crippen LogP contribution in [-0.2, 0) is 11.3 Å². The summed E-state index contributed by atoms with van der Waals surface area (Å²) in [6.45, 7) is 9.57. The summed E-state index contributed by atoms with van der Waals surface area (Å²) in [7, 11) is 0. The third kappa shape index (κ3) is 5.46. The van der Waals surface area contributed by atoms with Crippen molar-refractivity contribution >= 4 is 23.6 Å². The van der Waals surface area contributed by atoms with Gasteiger partial charge in [-0.2, -0.15) is 5.10 Å². The highest BCUT2D eigenvalue weighted by Gasteiger charge is 2.12. The van der Waals surface area contributed by atoms with Gasteiger partial charge in [-0.25, -0.2) is 0 Å². The highest BCUT2D eigenvalue weighted by Crippen LogP contribution is 2.22. The Labute approximate surface area is 154 Å². The van der Waals surface area contributed by atoms with Crippen LogP contribution in [0.15, 0.2) is 36.4 Å². The molecule has 1 aromatic heterocycles. The van der Waals surface area contributed by atoms with E-state index in [1.807, 2.05) is 25.1 Å². The number of amides is 1. The number of hydrogen-bond donors (Lipinski definition) is 1. The molecule has 1 atom stereocenters. The Balaban J connectivity index is 1.95. The summed E-state index contributed by atoms with van der Waals surface area (Å²) in [6.07, 6.45) is 3.26. The molecule has 1 amide bonds. The van der Waals surface area contributed by atoms with E-state index in [1.165, 1.54) is 11.6 Å². The number of carbonyl (C=O) groups excluding carboxylic acids is 1. The Kier molecular flexibility index (Phi) is 6.82. The van der Waals surface area contributed by atoms with Crippen molar-refractivity contribution < 1.29 is 4.79 Å². The quantitative estimate of drug-likeness (QED) is 0.743. The first-order chi connectivity index (χ1) is 11.9. The van der Waals surface area contributed by atoms with Crippen molar-refractivity contribution in [3.05, 3.63) is 58.4 Å². The molecule has 1 heterocycles. The van der Waals surface area contributed by atoms with Crippen molar-refractivity contribution in [1.29, 1.82) is 0 Å². The summed E-state index contributed by atoms with van der Waals surface area (Å²) in [6, 6.07) is 10.1. The summed E-state index contributed by atoms with van der Waals surface area (Å²) >= 11 is 6.38. The number of nitrogens with zero attached hydrogens (tertiary/aromatic N) is 2. The fourth-order valence-corrected chi connectivity index (χ4v) is 2.90. The third-order valence-corrected chi connectivity index (χ3v) is 4.40. The standard InChI is InChI=1S/C20H26ClN3O/c1-14(2)13-24-20(21)18(16(4)23-24)10-11-19(25)22-12-15(3)17-8-6-5-7-9-17/h5-11,14-15H,12-13H2,1-4H3,(H,22,25)/b11-10+. The van der Waals surface area contributed by atoms with Crippen LogP contribution in [0.3, 0.4) is 0 Å². The van der Waals surface area contributed by atoms with Crippen LogP contribution in [0.1, 0.15) is 43.5 Å². The maximum Gasteiger partial charge on any atom is 0.244 e. The maximum atomic E-state index is 12.1. The zero-order valence-electron chi connectivity index (χ0n) is 15.3. The Bertz CT molecular complexity index is 735. The smallest absolute Gasteiger partial charge is 0.244 e. The van der Waals surface area contributed by atoms with Gasteiger partial charge >= 0.3 is 0 Å². The number of halogens is 1. The number of aryl methyl sites for hydroxylation is 1. The summed E-state index contributed by atoms with van der Waals surface area (Å²) in [5.74, 6) is 0.587. The van der Waals surface area contributed by atoms with Gasteiger partial charge < -0.3 is 5.32 Å². The second kappa shape index (κ2) is 8.86. The predicted molar refractivity (Wildman–Crippen MR) is 104 cm³/mol. The van der Waals surface area contributed by atoms with Crippen molar-refractivity contribution in [1.82, 2.24) is 15.1 Å². The topological polar surface area (TPSA) is 46.9 Å². The SMILES string of the molecule is Cc1nn(CC(C)C)c(Cl)c1/C=C/C(=O)NCC(C)c1ccccc1. The number of nitrogens with one attached hydrogen (secondary N) is 1. The van der Waals surface area contributed by atoms with Gasteiger partial charge in [0.25, 0.3) is 0 Å². The third-order valence-electron chi connectivity index (χ3n) is 4.00. The van der Waals surface area contributed by atoms with Gasteiger partial charge in [0, 0.05) is 24.7 Å². The van der Waals surface area contributed by atoms with E-state index in [-0.39, 0.29) is 11.8 Å². The minimum absolute atomic E-state index is 0.130. The molecule has 2 rings (SSSR count). The second-order valence-corrected chi connectivity index (χ2v) is 7.11. The van der Waals surface area contributed by atoms with Gasteiger partial charge in [-0.3, -0.25) is 9.48 Å². The van der Waals surface area contributed by atoms with Crippen molar-refractivity contribution in [2.24, 2.45) is 5.92 Å². The zero-order chi connectivity index (χ0) is 18.4. The lowest BCUT2D eigenvalue weighted by atomic mass is 10.0. The van der Waals surface area contributed by atoms with Gasteiger partial charge in [0.15, 0.2) is 0 Å². The van der Waals surface area contributed by atoms with Gasteiger partial charge in [0.05, 0.1) is 5.69 Å². The van der Waals surface area contributed by atoms with E-state index >= 15 is 0 Å². The van der Waals surface area contributed by atoms with Crippen molar-refractivity contribution in [3.63, 3.8) is 0 Å². The highest BCUT2D eigenvalue weighted by molar-refractivity contribution is 6.31. The summed E-state index contributed by atoms with van der Waals surface area (Å²) < 4.78 is 1.79. The molecule has 1 aromatic carbocycles. The van der Waals surface area contributed by atoms with Crippen LogP contribution in [0.5, 0.6) is 0 Å². The highest BCUT2D eigenvalue weighted by atomic mass is 35.5. The molecule has 0 saturated heterocycles. The largest absolute Gasteiger partial charge is 0.352 e. The van der Waals surface area contributed by atoms with Crippen LogP contribution >= 0.6 is 11.6 Å². The lowest BCUT2D eigenvalue weighted by Crippen LogP contribution is -2.25. The normalized spacial score (nSPS) is 12.7. The van der Waals surface area contributed by atoms with Crippen LogP contribution in [0.4, 0.5) is 0 Å². The molecule has 0 fully saturated rings. The minimum Gasteiger partial charge on any atom is -0.352 e. The monoisotopic (exact) mass is 359 g/mol. The zero-order valence-corrected chi connectivity index (χ0v) is 16.0. The molecule has 25 heavy (non-hydrogen) atoms. The average molecular weight is 360 g/mol. The molecule has 0 aliphatic carbocycles. The predicted octanol–water partition coefficient (Wildman–Crippen LogP) is 4.43. The maximum absolute atomic E-state index is 12.1. The molecular formula is C20H26ClN3O. The Morgan fingerprint density at radius 1 is 1.28 bits per heavy atom. The van der Waals surface area contributed by atoms with Gasteiger partial charge in [0.1, 0.15) is 5.15 Å². The summed E-state index contributed by atoms with van der Waals surface area (Å²) in [5.41, 5.74) is 2.83. The van der Waals surface area contributed by atoms with E-state index in [4.69, 9.17) is 11.6 Å².